The third kappa shape index (κ3) is 24.8. The molecule has 2 fully saturated rings. The summed E-state index contributed by atoms with van der Waals surface area (Å²) in [6, 6.07) is 0. The van der Waals surface area contributed by atoms with Crippen molar-refractivity contribution in [1.29, 1.82) is 0 Å². The second-order valence-electron chi connectivity index (χ2n) is 13.7. The van der Waals surface area contributed by atoms with Crippen LogP contribution in [0.1, 0.15) is 64.2 Å². The van der Waals surface area contributed by atoms with Crippen LogP contribution in [-0.2, 0) is 47.7 Å². The van der Waals surface area contributed by atoms with Crippen molar-refractivity contribution in [2.45, 2.75) is 73.4 Å². The minimum Gasteiger partial charge on any atom is -0.447 e. The van der Waals surface area contributed by atoms with Gasteiger partial charge < -0.3 is 61.5 Å². The Hall–Kier alpha value is -3.32. The van der Waals surface area contributed by atoms with Gasteiger partial charge in [0.15, 0.2) is 0 Å². The summed E-state index contributed by atoms with van der Waals surface area (Å²) < 4.78 is 20.1. The normalized spacial score (nSPS) is 14.2. The Morgan fingerprint density at radius 3 is 1.23 bits per heavy atom. The molecular weight excluding hydrogens is 865 g/mol. The van der Waals surface area contributed by atoms with E-state index >= 15 is 0 Å². The molecule has 24 heteroatoms. The van der Waals surface area contributed by atoms with Crippen molar-refractivity contribution in [3.05, 3.63) is 0 Å². The van der Waals surface area contributed by atoms with Gasteiger partial charge in [-0.2, -0.15) is 0 Å². The van der Waals surface area contributed by atoms with Crippen LogP contribution in [0, 0.1) is 11.8 Å². The average Bonchev–Trinajstić information content (AvgIpc) is 4.15. The van der Waals surface area contributed by atoms with Crippen molar-refractivity contribution in [1.82, 2.24) is 31.1 Å². The fourth-order valence-corrected chi connectivity index (χ4v) is 9.34. The quantitative estimate of drug-likeness (QED) is 0.0296. The van der Waals surface area contributed by atoms with Crippen LogP contribution in [0.2, 0.25) is 0 Å². The molecule has 2 rings (SSSR count). The van der Waals surface area contributed by atoms with Crippen molar-refractivity contribution < 1.29 is 57.3 Å². The number of amides is 8. The highest BCUT2D eigenvalue weighted by molar-refractivity contribution is 8.93. The molecule has 0 bridgehead atoms. The van der Waals surface area contributed by atoms with Crippen LogP contribution in [0.4, 0.5) is 9.59 Å². The first kappa shape index (κ1) is 52.8. The molecule has 0 aliphatic carbocycles. The highest BCUT2D eigenvalue weighted by Gasteiger charge is 2.38. The zero-order valence-electron chi connectivity index (χ0n) is 34.4. The molecule has 0 aromatic carbocycles. The van der Waals surface area contributed by atoms with E-state index in [9.17, 15) is 38.4 Å². The Labute approximate surface area is 367 Å². The molecule has 60 heavy (non-hydrogen) atoms. The Bertz CT molecular complexity index is 1280. The number of nitrogens with zero attached hydrogens (tertiary/aromatic N) is 2. The Balaban J connectivity index is 1.98. The number of alkyl carbamates (subject to hydrolysis) is 2. The van der Waals surface area contributed by atoms with Crippen LogP contribution >= 0.6 is 43.2 Å². The topological polar surface area (TPSA) is 280 Å². The summed E-state index contributed by atoms with van der Waals surface area (Å²) in [5, 5.41) is 10.7. The number of nitrogens with one attached hydrogen (secondary N) is 4. The van der Waals surface area contributed by atoms with Gasteiger partial charge in [0.1, 0.15) is 13.2 Å². The molecule has 0 aromatic heterocycles. The molecule has 2 aliphatic heterocycles. The second-order valence-corrected chi connectivity index (χ2v) is 19.4. The molecular formula is C36H62N8O12S4. The Kier molecular flexibility index (Phi) is 27.7. The summed E-state index contributed by atoms with van der Waals surface area (Å²) in [6.45, 7) is 1.17. The van der Waals surface area contributed by atoms with E-state index in [-0.39, 0.29) is 136 Å². The predicted molar refractivity (Wildman–Crippen MR) is 231 cm³/mol. The van der Waals surface area contributed by atoms with Crippen molar-refractivity contribution in [2.24, 2.45) is 23.3 Å². The van der Waals surface area contributed by atoms with Gasteiger partial charge in [0.25, 0.3) is 0 Å². The van der Waals surface area contributed by atoms with Gasteiger partial charge in [-0.1, -0.05) is 56.0 Å². The van der Waals surface area contributed by atoms with Gasteiger partial charge in [-0.3, -0.25) is 28.8 Å². The summed E-state index contributed by atoms with van der Waals surface area (Å²) in [7, 11) is 9.44. The molecule has 0 radical (unpaired) electrons. The summed E-state index contributed by atoms with van der Waals surface area (Å²) >= 11 is 0. The second kappa shape index (κ2) is 31.5. The highest BCUT2D eigenvalue weighted by Crippen LogP contribution is 2.58. The summed E-state index contributed by atoms with van der Waals surface area (Å²) in [5.74, 6) is -2.44. The van der Waals surface area contributed by atoms with Gasteiger partial charge in [0, 0.05) is 92.3 Å². The average molecular weight is 927 g/mol. The van der Waals surface area contributed by atoms with Crippen LogP contribution in [-0.4, -0.2) is 160 Å². The number of methoxy groups -OCH3 is 2. The van der Waals surface area contributed by atoms with Crippen LogP contribution in [0.3, 0.4) is 0 Å². The van der Waals surface area contributed by atoms with E-state index in [1.54, 1.807) is 43.2 Å². The first-order valence-corrected chi connectivity index (χ1v) is 24.5. The summed E-state index contributed by atoms with van der Waals surface area (Å²) in [5.41, 5.74) is 11.0. The minimum absolute atomic E-state index is 0.00847. The largest absolute Gasteiger partial charge is 0.447 e. The number of hydrogen-bond donors (Lipinski definition) is 6. The molecule has 0 spiro atoms. The van der Waals surface area contributed by atoms with Crippen LogP contribution in [0.15, 0.2) is 0 Å². The highest BCUT2D eigenvalue weighted by atomic mass is 33.2. The van der Waals surface area contributed by atoms with E-state index in [0.29, 0.717) is 51.6 Å². The Morgan fingerprint density at radius 2 is 0.900 bits per heavy atom. The van der Waals surface area contributed by atoms with E-state index in [1.807, 2.05) is 0 Å². The lowest BCUT2D eigenvalue weighted by molar-refractivity contribution is -0.136. The third-order valence-corrected chi connectivity index (χ3v) is 13.8. The molecule has 20 nitrogen and oxygen atoms in total. The van der Waals surface area contributed by atoms with Crippen LogP contribution in [0.5, 0.6) is 0 Å². The maximum Gasteiger partial charge on any atom is 0.407 e. The van der Waals surface area contributed by atoms with Gasteiger partial charge in [-0.05, 0) is 25.7 Å². The molecule has 0 unspecified atom stereocenters. The van der Waals surface area contributed by atoms with E-state index < -0.39 is 24.0 Å². The van der Waals surface area contributed by atoms with E-state index in [4.69, 9.17) is 30.4 Å². The lowest BCUT2D eigenvalue weighted by atomic mass is 10.0. The number of primary amides is 2. The lowest BCUT2D eigenvalue weighted by Gasteiger charge is -2.28. The first-order valence-electron chi connectivity index (χ1n) is 20.0. The number of carbonyl (C=O) groups excluding carboxylic acids is 8. The molecule has 0 saturated carbocycles. The molecule has 342 valence electrons. The number of ether oxygens (including phenoxy) is 4. The molecule has 2 saturated heterocycles. The number of hydrogen-bond acceptors (Lipinski definition) is 16. The number of carbonyl (C=O) groups is 8. The summed E-state index contributed by atoms with van der Waals surface area (Å²) in [6.07, 6.45) is 2.21. The molecule has 2 atom stereocenters. The minimum atomic E-state index is -0.722. The zero-order chi connectivity index (χ0) is 44.1. The number of rotatable bonds is 35. The van der Waals surface area contributed by atoms with Gasteiger partial charge in [0.05, 0.1) is 34.2 Å². The van der Waals surface area contributed by atoms with Gasteiger partial charge >= 0.3 is 12.2 Å². The molecule has 8 amide bonds. The molecule has 2 heterocycles. The smallest absolute Gasteiger partial charge is 0.407 e. The van der Waals surface area contributed by atoms with Crippen molar-refractivity contribution in [2.75, 3.05) is 93.0 Å². The maximum absolute atomic E-state index is 13.4. The van der Waals surface area contributed by atoms with Crippen molar-refractivity contribution >= 4 is 90.8 Å². The fourth-order valence-electron chi connectivity index (χ4n) is 5.60. The monoisotopic (exact) mass is 926 g/mol. The van der Waals surface area contributed by atoms with Gasteiger partial charge in [0.2, 0.25) is 35.4 Å². The third-order valence-electron chi connectivity index (χ3n) is 9.15. The van der Waals surface area contributed by atoms with Gasteiger partial charge in [-0.25, -0.2) is 9.59 Å². The summed E-state index contributed by atoms with van der Waals surface area (Å²) in [4.78, 5) is 103. The maximum atomic E-state index is 13.4. The van der Waals surface area contributed by atoms with E-state index in [1.165, 1.54) is 24.0 Å². The van der Waals surface area contributed by atoms with Crippen molar-refractivity contribution in [3.8, 4) is 0 Å². The van der Waals surface area contributed by atoms with Crippen molar-refractivity contribution in [3.63, 3.8) is 0 Å². The SMILES string of the molecule is COCCOC(=O)NCCC(=O)N(CCC(=O)NCCCC[C@@H](C(N)=O)C1SS1)CCN(CCC(=O)NCCCC[C@@H](C(N)=O)C1SS1)C(=O)CCNC(=O)OCCOC. The predicted octanol–water partition coefficient (Wildman–Crippen LogP) is 1.17. The first-order chi connectivity index (χ1) is 28.9. The van der Waals surface area contributed by atoms with Crippen LogP contribution < -0.4 is 32.7 Å². The van der Waals surface area contributed by atoms with E-state index in [0.717, 1.165) is 0 Å². The molecule has 8 N–H and O–H groups in total. The van der Waals surface area contributed by atoms with Gasteiger partial charge in [-0.15, -0.1) is 0 Å². The molecule has 2 aliphatic rings. The van der Waals surface area contributed by atoms with E-state index in [2.05, 4.69) is 21.3 Å². The number of nitrogens with two attached hydrogens (primary N) is 2. The zero-order valence-corrected chi connectivity index (χ0v) is 37.7. The van der Waals surface area contributed by atoms with Crippen LogP contribution in [0.25, 0.3) is 0 Å². The Morgan fingerprint density at radius 1 is 0.517 bits per heavy atom. The molecule has 0 aromatic rings. The fraction of sp³-hybridized carbons (Fsp3) is 0.778. The standard InChI is InChI=1S/C36H62N8O12S4/c1-53-21-23-55-35(51)41-15-9-29(47)43(17-11-27(45)39-13-5-3-7-25(31(37)49)33-57-58-33)19-20-44(30(48)10-16-42-36(52)56-24-22-54-2)18-12-28(46)40-14-6-4-8-26(32(38)50)34-59-60-34/h25-26,33-34H,3-24H2,1-2H3,(H2,37,49)(H2,38,50)(H,39,45)(H,40,46)(H,41,51)(H,42,52)/t25-,26-/m0/s1. The lowest BCUT2D eigenvalue weighted by Crippen LogP contribution is -2.45. The number of unbranched alkanes of at least 4 members (excludes halogenated alkanes) is 2.